The Labute approximate surface area is 156 Å². The third-order valence-electron chi connectivity index (χ3n) is 3.67. The van der Waals surface area contributed by atoms with Crippen molar-refractivity contribution in [2.75, 3.05) is 7.11 Å². The van der Waals surface area contributed by atoms with Crippen molar-refractivity contribution >= 4 is 23.5 Å². The first kappa shape index (κ1) is 19.7. The lowest BCUT2D eigenvalue weighted by molar-refractivity contribution is -0.122. The molecule has 26 heavy (non-hydrogen) atoms. The van der Waals surface area contributed by atoms with Crippen LogP contribution in [0.15, 0.2) is 24.4 Å². The third kappa shape index (κ3) is 5.19. The van der Waals surface area contributed by atoms with E-state index in [1.165, 1.54) is 10.9 Å². The molecule has 0 radical (unpaired) electrons. The molecule has 0 saturated carbocycles. The van der Waals surface area contributed by atoms with E-state index in [1.807, 2.05) is 13.8 Å². The quantitative estimate of drug-likeness (QED) is 0.728. The highest BCUT2D eigenvalue weighted by atomic mass is 35.5. The largest absolute Gasteiger partial charge is 0.496 e. The van der Waals surface area contributed by atoms with Crippen molar-refractivity contribution in [2.45, 2.75) is 32.9 Å². The highest BCUT2D eigenvalue weighted by Gasteiger charge is 2.21. The summed E-state index contributed by atoms with van der Waals surface area (Å²) in [4.78, 5) is 23.3. The van der Waals surface area contributed by atoms with Crippen molar-refractivity contribution in [1.29, 1.82) is 0 Å². The molecule has 1 amide bonds. The van der Waals surface area contributed by atoms with E-state index < -0.39 is 5.97 Å². The Bertz CT molecular complexity index is 791. The monoisotopic (exact) mass is 380 g/mol. The summed E-state index contributed by atoms with van der Waals surface area (Å²) >= 11 is 6.11. The normalized spacial score (nSPS) is 12.0. The molecular formula is C17H21ClN4O4. The van der Waals surface area contributed by atoms with E-state index in [1.54, 1.807) is 25.3 Å². The van der Waals surface area contributed by atoms with Crippen LogP contribution in [0.2, 0.25) is 5.02 Å². The van der Waals surface area contributed by atoms with Crippen molar-refractivity contribution in [1.82, 2.24) is 20.3 Å². The molecule has 0 aliphatic heterocycles. The minimum Gasteiger partial charge on any atom is -0.496 e. The second kappa shape index (κ2) is 8.66. The van der Waals surface area contributed by atoms with Gasteiger partial charge in [0.25, 0.3) is 0 Å². The van der Waals surface area contributed by atoms with E-state index >= 15 is 0 Å². The van der Waals surface area contributed by atoms with Crippen LogP contribution in [0.5, 0.6) is 5.75 Å². The van der Waals surface area contributed by atoms with Crippen LogP contribution in [0.3, 0.4) is 0 Å². The van der Waals surface area contributed by atoms with Gasteiger partial charge in [-0.3, -0.25) is 4.79 Å². The Balaban J connectivity index is 2.18. The Morgan fingerprint density at radius 1 is 1.38 bits per heavy atom. The van der Waals surface area contributed by atoms with Crippen LogP contribution in [0.1, 0.15) is 42.4 Å². The standard InChI is InChI=1S/C17H21ClN4O4/c1-10(2)6-13(12-7-11(18)4-5-15(12)26-3)19-16(23)9-22-8-14(17(24)25)20-21-22/h4-5,7-8,10,13H,6,9H2,1-3H3,(H,19,23)(H,24,25). The van der Waals surface area contributed by atoms with Crippen molar-refractivity contribution in [3.05, 3.63) is 40.7 Å². The minimum atomic E-state index is -1.20. The zero-order chi connectivity index (χ0) is 19.3. The first-order valence-electron chi connectivity index (χ1n) is 8.06. The number of carbonyl (C=O) groups excluding carboxylic acids is 1. The lowest BCUT2D eigenvalue weighted by Crippen LogP contribution is -2.32. The summed E-state index contributed by atoms with van der Waals surface area (Å²) in [6, 6.07) is 4.94. The smallest absolute Gasteiger partial charge is 0.358 e. The summed E-state index contributed by atoms with van der Waals surface area (Å²) in [5.41, 5.74) is 0.569. The number of amides is 1. The van der Waals surface area contributed by atoms with Gasteiger partial charge in [0, 0.05) is 10.6 Å². The van der Waals surface area contributed by atoms with E-state index in [9.17, 15) is 9.59 Å². The van der Waals surface area contributed by atoms with Crippen LogP contribution in [0.25, 0.3) is 0 Å². The highest BCUT2D eigenvalue weighted by Crippen LogP contribution is 2.31. The molecule has 0 aliphatic carbocycles. The highest BCUT2D eigenvalue weighted by molar-refractivity contribution is 6.30. The maximum Gasteiger partial charge on any atom is 0.358 e. The molecule has 0 aliphatic rings. The summed E-state index contributed by atoms with van der Waals surface area (Å²) in [5.74, 6) is -0.569. The summed E-state index contributed by atoms with van der Waals surface area (Å²) < 4.78 is 6.57. The SMILES string of the molecule is COc1ccc(Cl)cc1C(CC(C)C)NC(=O)Cn1cc(C(=O)O)nn1. The summed E-state index contributed by atoms with van der Waals surface area (Å²) in [5, 5.41) is 19.5. The number of benzene rings is 1. The first-order chi connectivity index (χ1) is 12.3. The zero-order valence-corrected chi connectivity index (χ0v) is 15.5. The second-order valence-corrected chi connectivity index (χ2v) is 6.68. The maximum atomic E-state index is 12.4. The van der Waals surface area contributed by atoms with Gasteiger partial charge in [-0.15, -0.1) is 5.10 Å². The van der Waals surface area contributed by atoms with E-state index in [4.69, 9.17) is 21.4 Å². The molecule has 0 fully saturated rings. The summed E-state index contributed by atoms with van der Waals surface area (Å²) in [6.07, 6.45) is 1.89. The van der Waals surface area contributed by atoms with Crippen molar-refractivity contribution in [2.24, 2.45) is 5.92 Å². The van der Waals surface area contributed by atoms with Crippen LogP contribution in [-0.2, 0) is 11.3 Å². The van der Waals surface area contributed by atoms with Gasteiger partial charge >= 0.3 is 5.97 Å². The number of nitrogens with one attached hydrogen (secondary N) is 1. The number of ether oxygens (including phenoxy) is 1. The zero-order valence-electron chi connectivity index (χ0n) is 14.8. The predicted octanol–water partition coefficient (Wildman–Crippen LogP) is 2.54. The molecule has 1 aromatic heterocycles. The molecule has 0 spiro atoms. The Hall–Kier alpha value is -2.61. The summed E-state index contributed by atoms with van der Waals surface area (Å²) in [7, 11) is 1.56. The molecule has 1 heterocycles. The van der Waals surface area contributed by atoms with Gasteiger partial charge in [-0.1, -0.05) is 30.7 Å². The lowest BCUT2D eigenvalue weighted by atomic mass is 9.96. The van der Waals surface area contributed by atoms with Gasteiger partial charge in [0.15, 0.2) is 5.69 Å². The fraction of sp³-hybridized carbons (Fsp3) is 0.412. The first-order valence-corrected chi connectivity index (χ1v) is 8.44. The number of hydrogen-bond donors (Lipinski definition) is 2. The Morgan fingerprint density at radius 3 is 2.69 bits per heavy atom. The predicted molar refractivity (Wildman–Crippen MR) is 95.3 cm³/mol. The van der Waals surface area contributed by atoms with Crippen molar-refractivity contribution < 1.29 is 19.4 Å². The number of carbonyl (C=O) groups is 2. The average molecular weight is 381 g/mol. The molecule has 1 atom stereocenters. The lowest BCUT2D eigenvalue weighted by Gasteiger charge is -2.23. The number of carboxylic acids is 1. The van der Waals surface area contributed by atoms with E-state index in [2.05, 4.69) is 15.6 Å². The van der Waals surface area contributed by atoms with Gasteiger partial charge in [-0.05, 0) is 30.5 Å². The number of methoxy groups -OCH3 is 1. The van der Waals surface area contributed by atoms with Crippen LogP contribution < -0.4 is 10.1 Å². The Kier molecular flexibility index (Phi) is 6.57. The number of hydrogen-bond acceptors (Lipinski definition) is 5. The number of nitrogens with zero attached hydrogens (tertiary/aromatic N) is 3. The van der Waals surface area contributed by atoms with Crippen LogP contribution in [0, 0.1) is 5.92 Å². The molecule has 2 rings (SSSR count). The van der Waals surface area contributed by atoms with Gasteiger partial charge < -0.3 is 15.2 Å². The number of aromatic nitrogens is 3. The molecule has 9 heteroatoms. The summed E-state index contributed by atoms with van der Waals surface area (Å²) in [6.45, 7) is 3.96. The van der Waals surface area contributed by atoms with Crippen molar-refractivity contribution in [3.63, 3.8) is 0 Å². The van der Waals surface area contributed by atoms with Gasteiger partial charge in [0.2, 0.25) is 5.91 Å². The van der Waals surface area contributed by atoms with Gasteiger partial charge in [-0.2, -0.15) is 0 Å². The minimum absolute atomic E-state index is 0.141. The van der Waals surface area contributed by atoms with Gasteiger partial charge in [-0.25, -0.2) is 9.48 Å². The van der Waals surface area contributed by atoms with Crippen LogP contribution >= 0.6 is 11.6 Å². The van der Waals surface area contributed by atoms with Crippen LogP contribution in [-0.4, -0.2) is 39.1 Å². The third-order valence-corrected chi connectivity index (χ3v) is 3.91. The molecule has 0 bridgehead atoms. The van der Waals surface area contributed by atoms with Gasteiger partial charge in [0.1, 0.15) is 12.3 Å². The molecule has 0 saturated heterocycles. The molecule has 8 nitrogen and oxygen atoms in total. The maximum absolute atomic E-state index is 12.4. The van der Waals surface area contributed by atoms with E-state index in [0.717, 1.165) is 5.56 Å². The van der Waals surface area contributed by atoms with Gasteiger partial charge in [0.05, 0.1) is 19.3 Å². The number of carboxylic acid groups (broad SMARTS) is 1. The fourth-order valence-corrected chi connectivity index (χ4v) is 2.75. The van der Waals surface area contributed by atoms with Crippen molar-refractivity contribution in [3.8, 4) is 5.75 Å². The van der Waals surface area contributed by atoms with Crippen LogP contribution in [0.4, 0.5) is 0 Å². The molecule has 1 unspecified atom stereocenters. The molecule has 2 N–H and O–H groups in total. The molecule has 140 valence electrons. The second-order valence-electron chi connectivity index (χ2n) is 6.24. The molecule has 1 aromatic carbocycles. The average Bonchev–Trinajstić information content (AvgIpc) is 3.02. The Morgan fingerprint density at radius 2 is 2.12 bits per heavy atom. The molecule has 2 aromatic rings. The number of rotatable bonds is 8. The topological polar surface area (TPSA) is 106 Å². The fourth-order valence-electron chi connectivity index (χ4n) is 2.57. The van der Waals surface area contributed by atoms with E-state index in [0.29, 0.717) is 23.1 Å². The van der Waals surface area contributed by atoms with E-state index in [-0.39, 0.29) is 24.2 Å². The number of aromatic carboxylic acids is 1. The molecular weight excluding hydrogens is 360 g/mol. The number of halogens is 1.